The number of carbonyl (C=O) groups is 2. The van der Waals surface area contributed by atoms with E-state index in [2.05, 4.69) is 6.58 Å². The summed E-state index contributed by atoms with van der Waals surface area (Å²) in [5.41, 5.74) is 1.19. The molecule has 0 aromatic heterocycles. The third-order valence-electron chi connectivity index (χ3n) is 5.29. The molecule has 1 aliphatic rings. The zero-order chi connectivity index (χ0) is 23.8. The monoisotopic (exact) mass is 451 g/mol. The first-order chi connectivity index (χ1) is 16.0. The predicted octanol–water partition coefficient (Wildman–Crippen LogP) is 4.11. The van der Waals surface area contributed by atoms with Crippen LogP contribution in [0.4, 0.5) is 0 Å². The second-order valence-corrected chi connectivity index (χ2v) is 7.46. The number of ether oxygens (including phenoxy) is 3. The summed E-state index contributed by atoms with van der Waals surface area (Å²) in [5.74, 6) is -0.281. The summed E-state index contributed by atoms with van der Waals surface area (Å²) in [7, 11) is 1.58. The van der Waals surface area contributed by atoms with Crippen molar-refractivity contribution in [3.8, 4) is 11.5 Å². The van der Waals surface area contributed by atoms with Crippen LogP contribution in [-0.2, 0) is 14.3 Å². The van der Waals surface area contributed by atoms with Crippen molar-refractivity contribution in [1.29, 1.82) is 0 Å². The predicted molar refractivity (Wildman–Crippen MR) is 125 cm³/mol. The molecule has 2 aromatic carbocycles. The molecule has 1 unspecified atom stereocenters. The number of hydrogen-bond donors (Lipinski definition) is 1. The second kappa shape index (κ2) is 11.3. The maximum absolute atomic E-state index is 13.0. The third-order valence-corrected chi connectivity index (χ3v) is 5.29. The summed E-state index contributed by atoms with van der Waals surface area (Å²) in [4.78, 5) is 27.4. The van der Waals surface area contributed by atoms with E-state index in [1.807, 2.05) is 6.92 Å². The Morgan fingerprint density at radius 1 is 1.06 bits per heavy atom. The lowest BCUT2D eigenvalue weighted by Crippen LogP contribution is -2.31. The van der Waals surface area contributed by atoms with Gasteiger partial charge < -0.3 is 24.2 Å². The number of hydrogen-bond acceptors (Lipinski definition) is 6. The SMILES string of the molecule is C=CCOc1ccc(C2C(=C(O)c3ccc(OCC)cc3)C(=O)C(=O)N2CCCOC)cc1. The van der Waals surface area contributed by atoms with E-state index < -0.39 is 17.7 Å². The number of Topliss-reactive ketones (excluding diaryl/α,β-unsaturated/α-hetero) is 1. The van der Waals surface area contributed by atoms with E-state index in [0.717, 1.165) is 0 Å². The molecule has 0 bridgehead atoms. The number of methoxy groups -OCH3 is 1. The molecule has 7 nitrogen and oxygen atoms in total. The minimum atomic E-state index is -0.720. The number of aliphatic hydroxyl groups is 1. The highest BCUT2D eigenvalue weighted by Crippen LogP contribution is 2.40. The van der Waals surface area contributed by atoms with Crippen molar-refractivity contribution < 1.29 is 28.9 Å². The maximum atomic E-state index is 13.0. The largest absolute Gasteiger partial charge is 0.507 e. The molecule has 0 spiro atoms. The van der Waals surface area contributed by atoms with Crippen LogP contribution in [-0.4, -0.2) is 55.2 Å². The molecule has 0 radical (unpaired) electrons. The number of rotatable bonds is 11. The first kappa shape index (κ1) is 24.1. The van der Waals surface area contributed by atoms with E-state index in [0.29, 0.717) is 55.4 Å². The van der Waals surface area contributed by atoms with Gasteiger partial charge in [-0.3, -0.25) is 9.59 Å². The molecule has 33 heavy (non-hydrogen) atoms. The highest BCUT2D eigenvalue weighted by Gasteiger charge is 2.45. The Morgan fingerprint density at radius 2 is 1.70 bits per heavy atom. The van der Waals surface area contributed by atoms with Crippen LogP contribution in [0, 0.1) is 0 Å². The summed E-state index contributed by atoms with van der Waals surface area (Å²) < 4.78 is 16.1. The van der Waals surface area contributed by atoms with Crippen LogP contribution in [0.5, 0.6) is 11.5 Å². The molecular weight excluding hydrogens is 422 g/mol. The quantitative estimate of drug-likeness (QED) is 0.182. The maximum Gasteiger partial charge on any atom is 0.295 e. The zero-order valence-electron chi connectivity index (χ0n) is 19.0. The van der Waals surface area contributed by atoms with E-state index in [9.17, 15) is 14.7 Å². The summed E-state index contributed by atoms with van der Waals surface area (Å²) in [6.07, 6.45) is 2.21. The van der Waals surface area contributed by atoms with E-state index in [1.165, 1.54) is 4.90 Å². The Balaban J connectivity index is 2.03. The van der Waals surface area contributed by atoms with Gasteiger partial charge in [0.2, 0.25) is 0 Å². The molecule has 174 valence electrons. The zero-order valence-corrected chi connectivity index (χ0v) is 19.0. The lowest BCUT2D eigenvalue weighted by molar-refractivity contribution is -0.140. The van der Waals surface area contributed by atoms with Gasteiger partial charge in [-0.05, 0) is 55.3 Å². The van der Waals surface area contributed by atoms with E-state index >= 15 is 0 Å². The Labute approximate surface area is 193 Å². The third kappa shape index (κ3) is 5.43. The fraction of sp³-hybridized carbons (Fsp3) is 0.308. The Kier molecular flexibility index (Phi) is 8.27. The summed E-state index contributed by atoms with van der Waals surface area (Å²) in [6, 6.07) is 13.2. The van der Waals surface area contributed by atoms with Crippen LogP contribution < -0.4 is 9.47 Å². The number of likely N-dealkylation sites (tertiary alicyclic amines) is 1. The van der Waals surface area contributed by atoms with E-state index in [1.54, 1.807) is 61.7 Å². The van der Waals surface area contributed by atoms with Crippen molar-refractivity contribution >= 4 is 17.4 Å². The van der Waals surface area contributed by atoms with E-state index in [4.69, 9.17) is 14.2 Å². The lowest BCUT2D eigenvalue weighted by Gasteiger charge is -2.25. The van der Waals surface area contributed by atoms with Gasteiger partial charge in [0.25, 0.3) is 11.7 Å². The first-order valence-electron chi connectivity index (χ1n) is 10.9. The van der Waals surface area contributed by atoms with Crippen molar-refractivity contribution in [3.05, 3.63) is 77.9 Å². The molecule has 1 fully saturated rings. The molecule has 1 heterocycles. The molecular formula is C26H29NO6. The second-order valence-electron chi connectivity index (χ2n) is 7.46. The normalized spacial score (nSPS) is 17.3. The summed E-state index contributed by atoms with van der Waals surface area (Å²) in [5, 5.41) is 11.1. The topological polar surface area (TPSA) is 85.3 Å². The molecule has 1 aliphatic heterocycles. The van der Waals surface area contributed by atoms with Gasteiger partial charge >= 0.3 is 0 Å². The van der Waals surface area contributed by atoms with Gasteiger partial charge in [-0.1, -0.05) is 24.8 Å². The highest BCUT2D eigenvalue weighted by molar-refractivity contribution is 6.46. The van der Waals surface area contributed by atoms with Gasteiger partial charge in [0, 0.05) is 25.8 Å². The number of carbonyl (C=O) groups excluding carboxylic acids is 2. The highest BCUT2D eigenvalue weighted by atomic mass is 16.5. The van der Waals surface area contributed by atoms with Crippen molar-refractivity contribution in [2.24, 2.45) is 0 Å². The minimum Gasteiger partial charge on any atom is -0.507 e. The first-order valence-corrected chi connectivity index (χ1v) is 10.9. The molecule has 3 rings (SSSR count). The molecule has 0 aliphatic carbocycles. The summed E-state index contributed by atoms with van der Waals surface area (Å²) in [6.45, 7) is 7.17. The van der Waals surface area contributed by atoms with Gasteiger partial charge in [-0.15, -0.1) is 0 Å². The summed E-state index contributed by atoms with van der Waals surface area (Å²) >= 11 is 0. The molecule has 1 N–H and O–H groups in total. The molecule has 1 atom stereocenters. The fourth-order valence-corrected chi connectivity index (χ4v) is 3.77. The van der Waals surface area contributed by atoms with Crippen molar-refractivity contribution in [3.63, 3.8) is 0 Å². The van der Waals surface area contributed by atoms with Crippen LogP contribution in [0.15, 0.2) is 66.8 Å². The van der Waals surface area contributed by atoms with Crippen LogP contribution in [0.2, 0.25) is 0 Å². The number of ketones is 1. The number of benzene rings is 2. The molecule has 0 saturated carbocycles. The number of aliphatic hydroxyl groups excluding tert-OH is 1. The van der Waals surface area contributed by atoms with Crippen molar-refractivity contribution in [2.45, 2.75) is 19.4 Å². The Bertz CT molecular complexity index is 1010. The number of amides is 1. The van der Waals surface area contributed by atoms with Gasteiger partial charge in [0.15, 0.2) is 0 Å². The fourth-order valence-electron chi connectivity index (χ4n) is 3.77. The molecule has 7 heteroatoms. The van der Waals surface area contributed by atoms with Crippen molar-refractivity contribution in [2.75, 3.05) is 33.5 Å². The van der Waals surface area contributed by atoms with Crippen LogP contribution in [0.25, 0.3) is 5.76 Å². The average Bonchev–Trinajstić information content (AvgIpc) is 3.08. The standard InChI is InChI=1S/C26H29NO6/c1-4-16-33-21-11-7-18(8-12-21)23-22(25(29)26(30)27(23)15-6-17-31-3)24(28)19-9-13-20(14-10-19)32-5-2/h4,7-14,23,28H,1,5-6,15-17H2,2-3H3. The minimum absolute atomic E-state index is 0.0568. The molecule has 1 amide bonds. The van der Waals surface area contributed by atoms with Gasteiger partial charge in [-0.2, -0.15) is 0 Å². The van der Waals surface area contributed by atoms with Crippen LogP contribution in [0.3, 0.4) is 0 Å². The molecule has 2 aromatic rings. The van der Waals surface area contributed by atoms with E-state index in [-0.39, 0.29) is 11.3 Å². The lowest BCUT2D eigenvalue weighted by atomic mass is 9.95. The Hall–Kier alpha value is -3.58. The van der Waals surface area contributed by atoms with Crippen LogP contribution in [0.1, 0.15) is 30.5 Å². The average molecular weight is 452 g/mol. The van der Waals surface area contributed by atoms with Crippen LogP contribution >= 0.6 is 0 Å². The van der Waals surface area contributed by atoms with Gasteiger partial charge in [0.1, 0.15) is 23.9 Å². The van der Waals surface area contributed by atoms with Crippen molar-refractivity contribution in [1.82, 2.24) is 4.90 Å². The van der Waals surface area contributed by atoms with Gasteiger partial charge in [0.05, 0.1) is 18.2 Å². The number of nitrogens with zero attached hydrogens (tertiary/aromatic N) is 1. The van der Waals surface area contributed by atoms with Gasteiger partial charge in [-0.25, -0.2) is 0 Å². The Morgan fingerprint density at radius 3 is 2.30 bits per heavy atom. The molecule has 1 saturated heterocycles. The smallest absolute Gasteiger partial charge is 0.295 e.